The number of benzene rings is 3. The van der Waals surface area contributed by atoms with E-state index in [-0.39, 0.29) is 0 Å². The summed E-state index contributed by atoms with van der Waals surface area (Å²) < 4.78 is 0. The maximum Gasteiger partial charge on any atom is 0.0708 e. The van der Waals surface area contributed by atoms with E-state index in [2.05, 4.69) is 89.9 Å². The second kappa shape index (κ2) is 6.51. The smallest absolute Gasteiger partial charge is 0.0708 e. The highest BCUT2D eigenvalue weighted by Crippen LogP contribution is 2.28. The summed E-state index contributed by atoms with van der Waals surface area (Å²) in [6.07, 6.45) is 1.88. The molecule has 1 aromatic heterocycles. The lowest BCUT2D eigenvalue weighted by Crippen LogP contribution is -1.86. The van der Waals surface area contributed by atoms with Gasteiger partial charge in [-0.05, 0) is 40.5 Å². The molecule has 0 fully saturated rings. The Morgan fingerprint density at radius 1 is 0.417 bits per heavy atom. The molecule has 4 aromatic rings. The molecule has 0 atom stereocenters. The molecule has 0 bridgehead atoms. The number of hydrogen-bond acceptors (Lipinski definition) is 1. The standard InChI is InChI=1S/C23H17N/c1-3-8-18(9-4-1)20-12-7-13-22(16-20)23-17-21(14-15-24-23)19-10-5-2-6-11-19/h1-17H. The van der Waals surface area contributed by atoms with Gasteiger partial charge in [0.05, 0.1) is 5.69 Å². The third kappa shape index (κ3) is 2.97. The van der Waals surface area contributed by atoms with E-state index in [0.29, 0.717) is 0 Å². The van der Waals surface area contributed by atoms with Crippen molar-refractivity contribution >= 4 is 0 Å². The van der Waals surface area contributed by atoms with Crippen LogP contribution in [-0.2, 0) is 0 Å². The molecule has 0 aliphatic heterocycles. The van der Waals surface area contributed by atoms with E-state index in [1.54, 1.807) is 0 Å². The summed E-state index contributed by atoms with van der Waals surface area (Å²) in [5, 5.41) is 0. The zero-order valence-electron chi connectivity index (χ0n) is 13.3. The highest BCUT2D eigenvalue weighted by molar-refractivity contribution is 5.74. The molecule has 0 unspecified atom stereocenters. The zero-order valence-corrected chi connectivity index (χ0v) is 13.3. The number of aromatic nitrogens is 1. The van der Waals surface area contributed by atoms with Crippen LogP contribution in [0.15, 0.2) is 103 Å². The van der Waals surface area contributed by atoms with Crippen LogP contribution >= 0.6 is 0 Å². The average Bonchev–Trinajstić information content (AvgIpc) is 2.70. The second-order valence-electron chi connectivity index (χ2n) is 5.74. The van der Waals surface area contributed by atoms with Gasteiger partial charge in [-0.3, -0.25) is 4.98 Å². The predicted molar refractivity (Wildman–Crippen MR) is 101 cm³/mol. The first-order chi connectivity index (χ1) is 11.9. The van der Waals surface area contributed by atoms with Gasteiger partial charge in [0.25, 0.3) is 0 Å². The Kier molecular flexibility index (Phi) is 3.91. The van der Waals surface area contributed by atoms with Crippen molar-refractivity contribution in [2.75, 3.05) is 0 Å². The van der Waals surface area contributed by atoms with Crippen LogP contribution in [0, 0.1) is 0 Å². The van der Waals surface area contributed by atoms with Crippen LogP contribution in [0.2, 0.25) is 0 Å². The van der Waals surface area contributed by atoms with Gasteiger partial charge >= 0.3 is 0 Å². The molecule has 0 saturated heterocycles. The van der Waals surface area contributed by atoms with E-state index in [4.69, 9.17) is 0 Å². The van der Waals surface area contributed by atoms with Crippen molar-refractivity contribution in [3.8, 4) is 33.5 Å². The molecule has 1 heterocycles. The fourth-order valence-corrected chi connectivity index (χ4v) is 2.89. The second-order valence-corrected chi connectivity index (χ2v) is 5.74. The first kappa shape index (κ1) is 14.4. The molecule has 114 valence electrons. The van der Waals surface area contributed by atoms with Crippen LogP contribution in [0.1, 0.15) is 0 Å². The van der Waals surface area contributed by atoms with Crippen LogP contribution in [0.25, 0.3) is 33.5 Å². The number of rotatable bonds is 3. The van der Waals surface area contributed by atoms with Crippen molar-refractivity contribution < 1.29 is 0 Å². The first-order valence-electron chi connectivity index (χ1n) is 8.07. The van der Waals surface area contributed by atoms with E-state index in [1.165, 1.54) is 22.3 Å². The molecule has 1 nitrogen and oxygen atoms in total. The molecule has 4 rings (SSSR count). The molecular formula is C23H17N. The highest BCUT2D eigenvalue weighted by Gasteiger charge is 2.04. The average molecular weight is 307 g/mol. The van der Waals surface area contributed by atoms with Gasteiger partial charge in [-0.15, -0.1) is 0 Å². The van der Waals surface area contributed by atoms with E-state index in [1.807, 2.05) is 18.3 Å². The maximum absolute atomic E-state index is 4.57. The zero-order chi connectivity index (χ0) is 16.2. The summed E-state index contributed by atoms with van der Waals surface area (Å²) in [7, 11) is 0. The summed E-state index contributed by atoms with van der Waals surface area (Å²) >= 11 is 0. The minimum atomic E-state index is 0.995. The Balaban J connectivity index is 1.75. The fraction of sp³-hybridized carbons (Fsp3) is 0. The Labute approximate surface area is 142 Å². The molecule has 0 radical (unpaired) electrons. The number of hydrogen-bond donors (Lipinski definition) is 0. The monoisotopic (exact) mass is 307 g/mol. The SMILES string of the molecule is c1ccc(-c2cccc(-c3cc(-c4ccccc4)ccn3)c2)cc1. The van der Waals surface area contributed by atoms with Crippen molar-refractivity contribution in [2.45, 2.75) is 0 Å². The lowest BCUT2D eigenvalue weighted by molar-refractivity contribution is 1.33. The fourth-order valence-electron chi connectivity index (χ4n) is 2.89. The van der Waals surface area contributed by atoms with Crippen LogP contribution < -0.4 is 0 Å². The van der Waals surface area contributed by atoms with E-state index < -0.39 is 0 Å². The summed E-state index contributed by atoms with van der Waals surface area (Å²) in [4.78, 5) is 4.57. The number of pyridine rings is 1. The third-order valence-corrected chi connectivity index (χ3v) is 4.13. The van der Waals surface area contributed by atoms with Gasteiger partial charge in [-0.1, -0.05) is 78.9 Å². The molecular weight excluding hydrogens is 290 g/mol. The Morgan fingerprint density at radius 2 is 0.958 bits per heavy atom. The first-order valence-corrected chi connectivity index (χ1v) is 8.07. The molecule has 3 aromatic carbocycles. The molecule has 0 saturated carbocycles. The lowest BCUT2D eigenvalue weighted by atomic mass is 10.00. The van der Waals surface area contributed by atoms with Gasteiger partial charge in [0.2, 0.25) is 0 Å². The van der Waals surface area contributed by atoms with Gasteiger partial charge in [-0.25, -0.2) is 0 Å². The van der Waals surface area contributed by atoms with Gasteiger partial charge in [0.1, 0.15) is 0 Å². The third-order valence-electron chi connectivity index (χ3n) is 4.13. The van der Waals surface area contributed by atoms with Crippen molar-refractivity contribution in [2.24, 2.45) is 0 Å². The summed E-state index contributed by atoms with van der Waals surface area (Å²) in [5.74, 6) is 0. The molecule has 0 N–H and O–H groups in total. The quantitative estimate of drug-likeness (QED) is 0.447. The predicted octanol–water partition coefficient (Wildman–Crippen LogP) is 6.08. The molecule has 0 aliphatic rings. The minimum Gasteiger partial charge on any atom is -0.256 e. The van der Waals surface area contributed by atoms with Gasteiger partial charge < -0.3 is 0 Å². The van der Waals surface area contributed by atoms with Crippen LogP contribution in [0.3, 0.4) is 0 Å². The van der Waals surface area contributed by atoms with Gasteiger partial charge in [-0.2, -0.15) is 0 Å². The Morgan fingerprint density at radius 3 is 1.62 bits per heavy atom. The number of nitrogens with zero attached hydrogens (tertiary/aromatic N) is 1. The van der Waals surface area contributed by atoms with Gasteiger partial charge in [0.15, 0.2) is 0 Å². The van der Waals surface area contributed by atoms with Crippen LogP contribution in [-0.4, -0.2) is 4.98 Å². The largest absolute Gasteiger partial charge is 0.256 e. The van der Waals surface area contributed by atoms with E-state index >= 15 is 0 Å². The maximum atomic E-state index is 4.57. The minimum absolute atomic E-state index is 0.995. The molecule has 24 heavy (non-hydrogen) atoms. The summed E-state index contributed by atoms with van der Waals surface area (Å²) in [6.45, 7) is 0. The molecule has 0 spiro atoms. The van der Waals surface area contributed by atoms with E-state index in [9.17, 15) is 0 Å². The lowest BCUT2D eigenvalue weighted by Gasteiger charge is -2.07. The summed E-state index contributed by atoms with van der Waals surface area (Å²) in [6, 6.07) is 33.6. The summed E-state index contributed by atoms with van der Waals surface area (Å²) in [5.41, 5.74) is 6.95. The molecule has 0 amide bonds. The van der Waals surface area contributed by atoms with Crippen molar-refractivity contribution in [3.05, 3.63) is 103 Å². The van der Waals surface area contributed by atoms with Crippen molar-refractivity contribution in [3.63, 3.8) is 0 Å². The van der Waals surface area contributed by atoms with Crippen molar-refractivity contribution in [1.82, 2.24) is 4.98 Å². The van der Waals surface area contributed by atoms with E-state index in [0.717, 1.165) is 11.3 Å². The Bertz CT molecular complexity index is 863. The topological polar surface area (TPSA) is 12.9 Å². The molecule has 0 aliphatic carbocycles. The van der Waals surface area contributed by atoms with Gasteiger partial charge in [0, 0.05) is 11.8 Å². The Hall–Kier alpha value is -3.19. The normalized spacial score (nSPS) is 10.5. The van der Waals surface area contributed by atoms with Crippen LogP contribution in [0.4, 0.5) is 0 Å². The van der Waals surface area contributed by atoms with Crippen molar-refractivity contribution in [1.29, 1.82) is 0 Å². The highest BCUT2D eigenvalue weighted by atomic mass is 14.7. The van der Waals surface area contributed by atoms with Crippen LogP contribution in [0.5, 0.6) is 0 Å². The molecule has 1 heteroatoms.